The van der Waals surface area contributed by atoms with Gasteiger partial charge < -0.3 is 10.0 Å². The van der Waals surface area contributed by atoms with Gasteiger partial charge in [0.1, 0.15) is 5.82 Å². The molecular weight excluding hydrogens is 257 g/mol. The van der Waals surface area contributed by atoms with E-state index in [1.165, 1.54) is 6.07 Å². The Bertz CT molecular complexity index is 446. The summed E-state index contributed by atoms with van der Waals surface area (Å²) in [4.78, 5) is 14.2. The Balaban J connectivity index is 2.58. The minimum Gasteiger partial charge on any atom is -0.396 e. The van der Waals surface area contributed by atoms with Crippen LogP contribution >= 0.6 is 0 Å². The van der Waals surface area contributed by atoms with Gasteiger partial charge in [-0.3, -0.25) is 4.79 Å². The van der Waals surface area contributed by atoms with Crippen LogP contribution in [0.4, 0.5) is 4.39 Å². The van der Waals surface area contributed by atoms with Crippen LogP contribution in [0.3, 0.4) is 0 Å². The second-order valence-electron chi connectivity index (χ2n) is 5.34. The van der Waals surface area contributed by atoms with Crippen molar-refractivity contribution in [1.82, 2.24) is 4.90 Å². The van der Waals surface area contributed by atoms with E-state index < -0.39 is 0 Å². The summed E-state index contributed by atoms with van der Waals surface area (Å²) in [5.74, 6) is -0.379. The number of rotatable bonds is 8. The fourth-order valence-corrected chi connectivity index (χ4v) is 2.06. The monoisotopic (exact) mass is 281 g/mol. The number of benzene rings is 1. The van der Waals surface area contributed by atoms with Crippen LogP contribution in [-0.2, 0) is 0 Å². The number of carbonyl (C=O) groups excluding carboxylic acids is 1. The quantitative estimate of drug-likeness (QED) is 0.745. The molecule has 4 heteroatoms. The van der Waals surface area contributed by atoms with Crippen LogP contribution in [-0.4, -0.2) is 41.5 Å². The van der Waals surface area contributed by atoms with Crippen LogP contribution in [0.2, 0.25) is 0 Å². The largest absolute Gasteiger partial charge is 0.396 e. The van der Waals surface area contributed by atoms with Crippen molar-refractivity contribution >= 4 is 5.78 Å². The highest BCUT2D eigenvalue weighted by atomic mass is 19.1. The van der Waals surface area contributed by atoms with Gasteiger partial charge in [0.25, 0.3) is 0 Å². The van der Waals surface area contributed by atoms with Crippen molar-refractivity contribution in [2.45, 2.75) is 39.7 Å². The molecule has 0 saturated carbocycles. The smallest absolute Gasteiger partial charge is 0.164 e. The number of hydrogen-bond acceptors (Lipinski definition) is 3. The molecule has 0 saturated heterocycles. The van der Waals surface area contributed by atoms with Crippen molar-refractivity contribution in [2.75, 3.05) is 19.7 Å². The molecule has 1 aromatic rings. The number of carbonyl (C=O) groups is 1. The van der Waals surface area contributed by atoms with Crippen LogP contribution < -0.4 is 0 Å². The van der Waals surface area contributed by atoms with Gasteiger partial charge >= 0.3 is 0 Å². The number of aliphatic hydroxyl groups excluding tert-OH is 1. The van der Waals surface area contributed by atoms with Crippen LogP contribution in [0.15, 0.2) is 18.2 Å². The lowest BCUT2D eigenvalue weighted by atomic mass is 10.1. The lowest BCUT2D eigenvalue weighted by Gasteiger charge is -2.25. The van der Waals surface area contributed by atoms with Crippen LogP contribution in [0.25, 0.3) is 0 Å². The second kappa shape index (κ2) is 8.12. The van der Waals surface area contributed by atoms with E-state index in [1.54, 1.807) is 19.1 Å². The van der Waals surface area contributed by atoms with E-state index in [1.807, 2.05) is 0 Å². The first-order valence-electron chi connectivity index (χ1n) is 7.10. The Morgan fingerprint density at radius 2 is 2.05 bits per heavy atom. The molecule has 1 aromatic carbocycles. The molecule has 112 valence electrons. The van der Waals surface area contributed by atoms with Gasteiger partial charge in [0.05, 0.1) is 0 Å². The summed E-state index contributed by atoms with van der Waals surface area (Å²) in [5, 5.41) is 8.87. The Labute approximate surface area is 120 Å². The number of halogens is 1. The third kappa shape index (κ3) is 5.02. The second-order valence-corrected chi connectivity index (χ2v) is 5.34. The summed E-state index contributed by atoms with van der Waals surface area (Å²) in [6, 6.07) is 4.94. The van der Waals surface area contributed by atoms with Crippen molar-refractivity contribution in [2.24, 2.45) is 0 Å². The third-order valence-electron chi connectivity index (χ3n) is 3.45. The highest BCUT2D eigenvalue weighted by molar-refractivity contribution is 5.96. The molecule has 20 heavy (non-hydrogen) atoms. The molecule has 0 heterocycles. The van der Waals surface area contributed by atoms with E-state index in [0.717, 1.165) is 6.54 Å². The Kier molecular flexibility index (Phi) is 6.82. The molecule has 0 fully saturated rings. The summed E-state index contributed by atoms with van der Waals surface area (Å²) in [6.45, 7) is 7.36. The first kappa shape index (κ1) is 16.8. The lowest BCUT2D eigenvalue weighted by Crippen LogP contribution is -2.34. The molecule has 0 aliphatic heterocycles. The van der Waals surface area contributed by atoms with Crippen molar-refractivity contribution in [3.63, 3.8) is 0 Å². The predicted octanol–water partition coefficient (Wildman–Crippen LogP) is 2.80. The zero-order valence-corrected chi connectivity index (χ0v) is 12.5. The van der Waals surface area contributed by atoms with Gasteiger partial charge in [-0.25, -0.2) is 4.39 Å². The first-order valence-corrected chi connectivity index (χ1v) is 7.10. The number of Topliss-reactive ketones (excluding diaryl/α,β-unsaturated/α-hetero) is 1. The third-order valence-corrected chi connectivity index (χ3v) is 3.45. The van der Waals surface area contributed by atoms with E-state index in [4.69, 9.17) is 5.11 Å². The van der Waals surface area contributed by atoms with Gasteiger partial charge in [-0.1, -0.05) is 12.1 Å². The van der Waals surface area contributed by atoms with Gasteiger partial charge in [0, 0.05) is 37.7 Å². The molecule has 0 spiro atoms. The summed E-state index contributed by atoms with van der Waals surface area (Å²) < 4.78 is 13.4. The molecule has 0 aliphatic rings. The first-order chi connectivity index (χ1) is 9.45. The molecule has 1 N–H and O–H groups in total. The maximum absolute atomic E-state index is 13.4. The fourth-order valence-electron chi connectivity index (χ4n) is 2.06. The molecular formula is C16H24FNO2. The van der Waals surface area contributed by atoms with Gasteiger partial charge in [-0.15, -0.1) is 0 Å². The predicted molar refractivity (Wildman–Crippen MR) is 78.5 cm³/mol. The number of nitrogens with zero attached hydrogens (tertiary/aromatic N) is 1. The normalized spacial score (nSPS) is 11.3. The van der Waals surface area contributed by atoms with E-state index in [2.05, 4.69) is 18.7 Å². The SMILES string of the molecule is Cc1ccc(C(=O)CCN(CCCO)C(C)C)cc1F. The van der Waals surface area contributed by atoms with Gasteiger partial charge in [-0.2, -0.15) is 0 Å². The molecule has 0 amide bonds. The number of hydrogen-bond donors (Lipinski definition) is 1. The molecule has 0 aromatic heterocycles. The minimum atomic E-state index is -0.336. The molecule has 0 unspecified atom stereocenters. The van der Waals surface area contributed by atoms with E-state index in [-0.39, 0.29) is 18.2 Å². The maximum Gasteiger partial charge on any atom is 0.164 e. The standard InChI is InChI=1S/C16H24FNO2/c1-12(2)18(8-4-10-19)9-7-16(20)14-6-5-13(3)15(17)11-14/h5-6,11-12,19H,4,7-10H2,1-3H3. The average Bonchev–Trinajstić information content (AvgIpc) is 2.41. The topological polar surface area (TPSA) is 40.5 Å². The van der Waals surface area contributed by atoms with Crippen molar-refractivity contribution in [3.05, 3.63) is 35.1 Å². The Hall–Kier alpha value is -1.26. The van der Waals surface area contributed by atoms with Gasteiger partial charge in [0.15, 0.2) is 5.78 Å². The fraction of sp³-hybridized carbons (Fsp3) is 0.562. The highest BCUT2D eigenvalue weighted by Gasteiger charge is 2.13. The average molecular weight is 281 g/mol. The molecule has 3 nitrogen and oxygen atoms in total. The van der Waals surface area contributed by atoms with Crippen molar-refractivity contribution in [1.29, 1.82) is 0 Å². The summed E-state index contributed by atoms with van der Waals surface area (Å²) >= 11 is 0. The number of aryl methyl sites for hydroxylation is 1. The van der Waals surface area contributed by atoms with Gasteiger partial charge in [-0.05, 0) is 38.8 Å². The molecule has 1 rings (SSSR count). The van der Waals surface area contributed by atoms with Crippen LogP contribution in [0.5, 0.6) is 0 Å². The van der Waals surface area contributed by atoms with E-state index in [0.29, 0.717) is 36.6 Å². The zero-order valence-electron chi connectivity index (χ0n) is 12.5. The Morgan fingerprint density at radius 1 is 1.35 bits per heavy atom. The molecule has 0 radical (unpaired) electrons. The van der Waals surface area contributed by atoms with E-state index >= 15 is 0 Å². The molecule has 0 aliphatic carbocycles. The number of ketones is 1. The lowest BCUT2D eigenvalue weighted by molar-refractivity contribution is 0.0952. The summed E-state index contributed by atoms with van der Waals surface area (Å²) in [7, 11) is 0. The van der Waals surface area contributed by atoms with Gasteiger partial charge in [0.2, 0.25) is 0 Å². The molecule has 0 atom stereocenters. The van der Waals surface area contributed by atoms with Crippen LogP contribution in [0, 0.1) is 12.7 Å². The Morgan fingerprint density at radius 3 is 2.60 bits per heavy atom. The highest BCUT2D eigenvalue weighted by Crippen LogP contribution is 2.12. The van der Waals surface area contributed by atoms with Crippen LogP contribution in [0.1, 0.15) is 42.6 Å². The zero-order chi connectivity index (χ0) is 15.1. The van der Waals surface area contributed by atoms with E-state index in [9.17, 15) is 9.18 Å². The maximum atomic E-state index is 13.4. The molecule has 0 bridgehead atoms. The van der Waals surface area contributed by atoms with Crippen molar-refractivity contribution < 1.29 is 14.3 Å². The number of aliphatic hydroxyl groups is 1. The minimum absolute atomic E-state index is 0.0430. The summed E-state index contributed by atoms with van der Waals surface area (Å²) in [5.41, 5.74) is 0.979. The van der Waals surface area contributed by atoms with Crippen molar-refractivity contribution in [3.8, 4) is 0 Å². The summed E-state index contributed by atoms with van der Waals surface area (Å²) in [6.07, 6.45) is 1.07.